The maximum atomic E-state index is 12.1. The predicted octanol–water partition coefficient (Wildman–Crippen LogP) is 4.76. The largest absolute Gasteiger partial charge is 0.325 e. The zero-order valence-electron chi connectivity index (χ0n) is 13.8. The lowest BCUT2D eigenvalue weighted by atomic mass is 10.2. The minimum atomic E-state index is -0.457. The van der Waals surface area contributed by atoms with Gasteiger partial charge in [-0.2, -0.15) is 0 Å². The van der Waals surface area contributed by atoms with E-state index in [9.17, 15) is 14.9 Å². The van der Waals surface area contributed by atoms with Gasteiger partial charge in [0, 0.05) is 28.8 Å². The topological polar surface area (TPSA) is 85.1 Å². The molecule has 0 atom stereocenters. The molecule has 0 radical (unpaired) electrons. The average molecular weight is 385 g/mol. The maximum Gasteiger partial charge on any atom is 0.269 e. The Morgan fingerprint density at radius 2 is 2.04 bits per heavy atom. The summed E-state index contributed by atoms with van der Waals surface area (Å²) in [6.07, 6.45) is 0. The smallest absolute Gasteiger partial charge is 0.269 e. The molecule has 0 aliphatic rings. The lowest BCUT2D eigenvalue weighted by molar-refractivity contribution is -0.384. The van der Waals surface area contributed by atoms with E-state index in [0.29, 0.717) is 11.3 Å². The molecule has 0 aliphatic heterocycles. The summed E-state index contributed by atoms with van der Waals surface area (Å²) in [4.78, 5) is 27.0. The summed E-state index contributed by atoms with van der Waals surface area (Å²) < 4.78 is 0.819. The van der Waals surface area contributed by atoms with Gasteiger partial charge in [0.05, 0.1) is 16.4 Å². The first-order chi connectivity index (χ1) is 12.5. The molecule has 0 aliphatic carbocycles. The number of amides is 1. The Hall–Kier alpha value is -2.71. The number of thioether (sulfide) groups is 1. The number of rotatable bonds is 6. The summed E-state index contributed by atoms with van der Waals surface area (Å²) in [5.41, 5.74) is 3.17. The van der Waals surface area contributed by atoms with Crippen LogP contribution in [0, 0.1) is 17.0 Å². The van der Waals surface area contributed by atoms with Crippen LogP contribution in [0.15, 0.2) is 58.3 Å². The lowest BCUT2D eigenvalue weighted by Crippen LogP contribution is -2.14. The van der Waals surface area contributed by atoms with Gasteiger partial charge in [0.25, 0.3) is 5.69 Å². The Morgan fingerprint density at radius 1 is 1.27 bits per heavy atom. The number of aryl methyl sites for hydroxylation is 1. The first-order valence-corrected chi connectivity index (χ1v) is 9.58. The summed E-state index contributed by atoms with van der Waals surface area (Å²) in [7, 11) is 0. The van der Waals surface area contributed by atoms with Crippen molar-refractivity contribution in [3.8, 4) is 11.3 Å². The Balaban J connectivity index is 1.58. The number of benzene rings is 2. The van der Waals surface area contributed by atoms with Gasteiger partial charge in [0.2, 0.25) is 5.91 Å². The van der Waals surface area contributed by atoms with Crippen LogP contribution in [0.4, 0.5) is 11.4 Å². The van der Waals surface area contributed by atoms with Crippen molar-refractivity contribution >= 4 is 40.4 Å². The highest BCUT2D eigenvalue weighted by Crippen LogP contribution is 2.28. The first kappa shape index (κ1) is 18.1. The fourth-order valence-corrected chi connectivity index (χ4v) is 3.92. The molecule has 8 heteroatoms. The van der Waals surface area contributed by atoms with Gasteiger partial charge >= 0.3 is 0 Å². The quantitative estimate of drug-likeness (QED) is 0.376. The SMILES string of the molecule is Cc1cc([N+](=O)[O-])ccc1NC(=O)CSc1nc(-c2ccccc2)cs1. The summed E-state index contributed by atoms with van der Waals surface area (Å²) in [6, 6.07) is 14.2. The second kappa shape index (κ2) is 8.11. The van der Waals surface area contributed by atoms with Crippen molar-refractivity contribution in [1.29, 1.82) is 0 Å². The number of thiazole rings is 1. The van der Waals surface area contributed by atoms with E-state index in [-0.39, 0.29) is 17.3 Å². The van der Waals surface area contributed by atoms with Crippen LogP contribution in [0.25, 0.3) is 11.3 Å². The highest BCUT2D eigenvalue weighted by molar-refractivity contribution is 8.01. The average Bonchev–Trinajstić information content (AvgIpc) is 3.11. The number of nitro benzene ring substituents is 1. The van der Waals surface area contributed by atoms with Gasteiger partial charge in [0.1, 0.15) is 0 Å². The van der Waals surface area contributed by atoms with Gasteiger partial charge in [-0.1, -0.05) is 42.1 Å². The van der Waals surface area contributed by atoms with Crippen molar-refractivity contribution in [2.75, 3.05) is 11.1 Å². The molecule has 0 saturated carbocycles. The number of nitro groups is 1. The number of non-ortho nitro benzene ring substituents is 1. The zero-order valence-corrected chi connectivity index (χ0v) is 15.5. The summed E-state index contributed by atoms with van der Waals surface area (Å²) in [6.45, 7) is 1.72. The Kier molecular flexibility index (Phi) is 5.65. The van der Waals surface area contributed by atoms with E-state index in [1.807, 2.05) is 35.7 Å². The van der Waals surface area contributed by atoms with E-state index in [1.54, 1.807) is 13.0 Å². The van der Waals surface area contributed by atoms with Crippen LogP contribution in [0.3, 0.4) is 0 Å². The van der Waals surface area contributed by atoms with Gasteiger partial charge in [-0.25, -0.2) is 4.98 Å². The molecule has 1 N–H and O–H groups in total. The molecule has 3 aromatic rings. The summed E-state index contributed by atoms with van der Waals surface area (Å²) in [5.74, 6) is 0.0430. The lowest BCUT2D eigenvalue weighted by Gasteiger charge is -2.07. The second-order valence-electron chi connectivity index (χ2n) is 5.46. The minimum absolute atomic E-state index is 0.00565. The van der Waals surface area contributed by atoms with Crippen LogP contribution in [0.1, 0.15) is 5.56 Å². The van der Waals surface area contributed by atoms with Crippen LogP contribution in [0.5, 0.6) is 0 Å². The Labute approximate surface area is 158 Å². The molecule has 1 amide bonds. The van der Waals surface area contributed by atoms with E-state index >= 15 is 0 Å². The summed E-state index contributed by atoms with van der Waals surface area (Å²) in [5, 5.41) is 15.5. The van der Waals surface area contributed by atoms with Gasteiger partial charge in [-0.05, 0) is 18.6 Å². The van der Waals surface area contributed by atoms with Crippen LogP contribution in [-0.4, -0.2) is 21.6 Å². The minimum Gasteiger partial charge on any atom is -0.325 e. The third kappa shape index (κ3) is 4.47. The van der Waals surface area contributed by atoms with Crippen molar-refractivity contribution in [3.63, 3.8) is 0 Å². The monoisotopic (exact) mass is 385 g/mol. The van der Waals surface area contributed by atoms with Gasteiger partial charge in [-0.15, -0.1) is 11.3 Å². The third-order valence-electron chi connectivity index (χ3n) is 3.57. The molecule has 1 heterocycles. The fourth-order valence-electron chi connectivity index (χ4n) is 2.28. The summed E-state index contributed by atoms with van der Waals surface area (Å²) >= 11 is 2.86. The molecule has 3 rings (SSSR count). The zero-order chi connectivity index (χ0) is 18.5. The van der Waals surface area contributed by atoms with Crippen LogP contribution in [-0.2, 0) is 4.79 Å². The van der Waals surface area contributed by atoms with Crippen molar-refractivity contribution in [3.05, 3.63) is 69.6 Å². The Morgan fingerprint density at radius 3 is 2.73 bits per heavy atom. The molecule has 0 bridgehead atoms. The van der Waals surface area contributed by atoms with E-state index in [1.165, 1.54) is 35.2 Å². The van der Waals surface area contributed by atoms with Crippen LogP contribution in [0.2, 0.25) is 0 Å². The molecule has 2 aromatic carbocycles. The van der Waals surface area contributed by atoms with E-state index in [0.717, 1.165) is 15.6 Å². The molecule has 0 fully saturated rings. The molecular formula is C18H15N3O3S2. The van der Waals surface area contributed by atoms with Crippen molar-refractivity contribution < 1.29 is 9.72 Å². The van der Waals surface area contributed by atoms with Gasteiger partial charge in [-0.3, -0.25) is 14.9 Å². The standard InChI is InChI=1S/C18H15N3O3S2/c1-12-9-14(21(23)24)7-8-15(12)19-17(22)11-26-18-20-16(10-25-18)13-5-3-2-4-6-13/h2-10H,11H2,1H3,(H,19,22). The number of nitrogens with zero attached hydrogens (tertiary/aromatic N) is 2. The molecule has 0 unspecified atom stereocenters. The van der Waals surface area contributed by atoms with Gasteiger partial charge < -0.3 is 5.32 Å². The fraction of sp³-hybridized carbons (Fsp3) is 0.111. The molecule has 132 valence electrons. The third-order valence-corrected chi connectivity index (χ3v) is 5.60. The highest BCUT2D eigenvalue weighted by atomic mass is 32.2. The van der Waals surface area contributed by atoms with Crippen LogP contribution >= 0.6 is 23.1 Å². The van der Waals surface area contributed by atoms with E-state index < -0.39 is 4.92 Å². The number of anilines is 1. The van der Waals surface area contributed by atoms with E-state index in [4.69, 9.17) is 0 Å². The highest BCUT2D eigenvalue weighted by Gasteiger charge is 2.12. The Bertz CT molecular complexity index is 942. The van der Waals surface area contributed by atoms with Crippen LogP contribution < -0.4 is 5.32 Å². The number of aromatic nitrogens is 1. The van der Waals surface area contributed by atoms with Crippen molar-refractivity contribution in [1.82, 2.24) is 4.98 Å². The number of carbonyl (C=O) groups excluding carboxylic acids is 1. The molecule has 0 spiro atoms. The second-order valence-corrected chi connectivity index (χ2v) is 7.54. The maximum absolute atomic E-state index is 12.1. The van der Waals surface area contributed by atoms with Crippen molar-refractivity contribution in [2.24, 2.45) is 0 Å². The predicted molar refractivity (Wildman–Crippen MR) is 105 cm³/mol. The number of carbonyl (C=O) groups is 1. The molecule has 0 saturated heterocycles. The van der Waals surface area contributed by atoms with Gasteiger partial charge in [0.15, 0.2) is 4.34 Å². The molecule has 26 heavy (non-hydrogen) atoms. The number of hydrogen-bond acceptors (Lipinski definition) is 6. The van der Waals surface area contributed by atoms with E-state index in [2.05, 4.69) is 10.3 Å². The van der Waals surface area contributed by atoms with Crippen molar-refractivity contribution in [2.45, 2.75) is 11.3 Å². The molecule has 6 nitrogen and oxygen atoms in total. The number of hydrogen-bond donors (Lipinski definition) is 1. The molecule has 1 aromatic heterocycles. The normalized spacial score (nSPS) is 10.5. The molecular weight excluding hydrogens is 370 g/mol. The first-order valence-electron chi connectivity index (χ1n) is 7.71. The number of nitrogens with one attached hydrogen (secondary N) is 1.